The highest BCUT2D eigenvalue weighted by molar-refractivity contribution is 5.27. The molecule has 2 N–H and O–H groups in total. The zero-order valence-electron chi connectivity index (χ0n) is 12.1. The SMILES string of the molecule is CCN(Cc1ccc(OC)cc1)CC(C)(C)CN. The summed E-state index contributed by atoms with van der Waals surface area (Å²) in [5.41, 5.74) is 7.28. The van der Waals surface area contributed by atoms with Crippen LogP contribution < -0.4 is 10.5 Å². The molecule has 0 aliphatic heterocycles. The van der Waals surface area contributed by atoms with E-state index in [-0.39, 0.29) is 5.41 Å². The molecule has 102 valence electrons. The molecule has 1 aromatic carbocycles. The third-order valence-corrected chi connectivity index (χ3v) is 3.22. The summed E-state index contributed by atoms with van der Waals surface area (Å²) in [5, 5.41) is 0. The van der Waals surface area contributed by atoms with Gasteiger partial charge in [0, 0.05) is 13.1 Å². The number of ether oxygens (including phenoxy) is 1. The number of hydrogen-bond acceptors (Lipinski definition) is 3. The van der Waals surface area contributed by atoms with Crippen molar-refractivity contribution in [2.75, 3.05) is 26.7 Å². The highest BCUT2D eigenvalue weighted by Crippen LogP contribution is 2.18. The summed E-state index contributed by atoms with van der Waals surface area (Å²) in [4.78, 5) is 2.43. The molecular weight excluding hydrogens is 224 g/mol. The van der Waals surface area contributed by atoms with E-state index in [1.54, 1.807) is 7.11 Å². The smallest absolute Gasteiger partial charge is 0.118 e. The lowest BCUT2D eigenvalue weighted by molar-refractivity contribution is 0.183. The van der Waals surface area contributed by atoms with E-state index in [1.807, 2.05) is 12.1 Å². The zero-order valence-corrected chi connectivity index (χ0v) is 12.1. The summed E-state index contributed by atoms with van der Waals surface area (Å²) in [6, 6.07) is 8.27. The number of hydrogen-bond donors (Lipinski definition) is 1. The van der Waals surface area contributed by atoms with Crippen molar-refractivity contribution < 1.29 is 4.74 Å². The first-order valence-corrected chi connectivity index (χ1v) is 6.56. The van der Waals surface area contributed by atoms with Gasteiger partial charge in [-0.25, -0.2) is 0 Å². The van der Waals surface area contributed by atoms with Crippen molar-refractivity contribution >= 4 is 0 Å². The highest BCUT2D eigenvalue weighted by Gasteiger charge is 2.19. The Labute approximate surface area is 111 Å². The van der Waals surface area contributed by atoms with Crippen LogP contribution >= 0.6 is 0 Å². The molecule has 0 saturated carbocycles. The van der Waals surface area contributed by atoms with Crippen LogP contribution in [0.15, 0.2) is 24.3 Å². The van der Waals surface area contributed by atoms with Crippen LogP contribution in [0.25, 0.3) is 0 Å². The summed E-state index contributed by atoms with van der Waals surface area (Å²) in [6.45, 7) is 10.3. The number of nitrogens with zero attached hydrogens (tertiary/aromatic N) is 1. The van der Waals surface area contributed by atoms with Gasteiger partial charge in [-0.1, -0.05) is 32.9 Å². The Morgan fingerprint density at radius 1 is 1.22 bits per heavy atom. The molecule has 0 aromatic heterocycles. The second kappa shape index (κ2) is 6.76. The summed E-state index contributed by atoms with van der Waals surface area (Å²) >= 11 is 0. The number of rotatable bonds is 7. The molecule has 0 saturated heterocycles. The molecule has 0 unspecified atom stereocenters. The van der Waals surface area contributed by atoms with E-state index >= 15 is 0 Å². The molecule has 0 radical (unpaired) electrons. The minimum absolute atomic E-state index is 0.169. The van der Waals surface area contributed by atoms with Crippen molar-refractivity contribution in [2.45, 2.75) is 27.3 Å². The first-order valence-electron chi connectivity index (χ1n) is 6.56. The second-order valence-corrected chi connectivity index (χ2v) is 5.52. The third kappa shape index (κ3) is 4.67. The summed E-state index contributed by atoms with van der Waals surface area (Å²) in [6.07, 6.45) is 0. The van der Waals surface area contributed by atoms with Crippen molar-refractivity contribution in [1.82, 2.24) is 4.90 Å². The Morgan fingerprint density at radius 3 is 2.28 bits per heavy atom. The number of methoxy groups -OCH3 is 1. The lowest BCUT2D eigenvalue weighted by atomic mass is 9.93. The van der Waals surface area contributed by atoms with Crippen molar-refractivity contribution in [2.24, 2.45) is 11.1 Å². The fourth-order valence-electron chi connectivity index (χ4n) is 1.94. The molecule has 0 bridgehead atoms. The summed E-state index contributed by atoms with van der Waals surface area (Å²) < 4.78 is 5.17. The molecular formula is C15H26N2O. The lowest BCUT2D eigenvalue weighted by Crippen LogP contribution is -2.38. The van der Waals surface area contributed by atoms with E-state index < -0.39 is 0 Å². The van der Waals surface area contributed by atoms with E-state index in [0.717, 1.165) is 25.4 Å². The average molecular weight is 250 g/mol. The van der Waals surface area contributed by atoms with Crippen molar-refractivity contribution in [1.29, 1.82) is 0 Å². The van der Waals surface area contributed by atoms with Gasteiger partial charge >= 0.3 is 0 Å². The van der Waals surface area contributed by atoms with E-state index in [0.29, 0.717) is 6.54 Å². The first kappa shape index (κ1) is 15.0. The Morgan fingerprint density at radius 2 is 1.83 bits per heavy atom. The maximum Gasteiger partial charge on any atom is 0.118 e. The van der Waals surface area contributed by atoms with Crippen LogP contribution in [0.4, 0.5) is 0 Å². The van der Waals surface area contributed by atoms with Crippen molar-refractivity contribution in [3.05, 3.63) is 29.8 Å². The predicted octanol–water partition coefficient (Wildman–Crippen LogP) is 2.50. The highest BCUT2D eigenvalue weighted by atomic mass is 16.5. The van der Waals surface area contributed by atoms with Crippen LogP contribution in [0.5, 0.6) is 5.75 Å². The average Bonchev–Trinajstić information content (AvgIpc) is 2.38. The van der Waals surface area contributed by atoms with Gasteiger partial charge in [-0.2, -0.15) is 0 Å². The summed E-state index contributed by atoms with van der Waals surface area (Å²) in [5.74, 6) is 0.907. The van der Waals surface area contributed by atoms with E-state index in [1.165, 1.54) is 5.56 Å². The van der Waals surface area contributed by atoms with Gasteiger partial charge in [0.1, 0.15) is 5.75 Å². The van der Waals surface area contributed by atoms with Crippen molar-refractivity contribution in [3.8, 4) is 5.75 Å². The fraction of sp³-hybridized carbons (Fsp3) is 0.600. The molecule has 0 heterocycles. The Bertz CT molecular complexity index is 346. The third-order valence-electron chi connectivity index (χ3n) is 3.22. The molecule has 0 amide bonds. The molecule has 0 aliphatic carbocycles. The van der Waals surface area contributed by atoms with Crippen LogP contribution in [0.3, 0.4) is 0 Å². The van der Waals surface area contributed by atoms with Crippen LogP contribution in [-0.4, -0.2) is 31.6 Å². The molecule has 0 atom stereocenters. The van der Waals surface area contributed by atoms with Crippen LogP contribution in [0.1, 0.15) is 26.3 Å². The van der Waals surface area contributed by atoms with Crippen LogP contribution in [0.2, 0.25) is 0 Å². The molecule has 0 aliphatic rings. The minimum atomic E-state index is 0.169. The molecule has 1 rings (SSSR count). The Kier molecular flexibility index (Phi) is 5.63. The van der Waals surface area contributed by atoms with E-state index in [4.69, 9.17) is 10.5 Å². The Balaban J connectivity index is 2.62. The topological polar surface area (TPSA) is 38.5 Å². The first-order chi connectivity index (χ1) is 8.50. The number of nitrogens with two attached hydrogens (primary N) is 1. The zero-order chi connectivity index (χ0) is 13.6. The fourth-order valence-corrected chi connectivity index (χ4v) is 1.94. The Hall–Kier alpha value is -1.06. The quantitative estimate of drug-likeness (QED) is 0.808. The predicted molar refractivity (Wildman–Crippen MR) is 76.8 cm³/mol. The standard InChI is InChI=1S/C15H26N2O/c1-5-17(12-15(2,3)11-16)10-13-6-8-14(18-4)9-7-13/h6-9H,5,10-12,16H2,1-4H3. The monoisotopic (exact) mass is 250 g/mol. The maximum atomic E-state index is 5.80. The maximum absolute atomic E-state index is 5.80. The molecule has 3 nitrogen and oxygen atoms in total. The van der Waals surface area contributed by atoms with Gasteiger partial charge in [0.15, 0.2) is 0 Å². The van der Waals surface area contributed by atoms with Gasteiger partial charge in [-0.3, -0.25) is 4.90 Å². The van der Waals surface area contributed by atoms with Gasteiger partial charge < -0.3 is 10.5 Å². The van der Waals surface area contributed by atoms with Crippen LogP contribution in [0, 0.1) is 5.41 Å². The minimum Gasteiger partial charge on any atom is -0.497 e. The van der Waals surface area contributed by atoms with Gasteiger partial charge in [0.05, 0.1) is 7.11 Å². The normalized spacial score (nSPS) is 11.9. The van der Waals surface area contributed by atoms with Crippen molar-refractivity contribution in [3.63, 3.8) is 0 Å². The summed E-state index contributed by atoms with van der Waals surface area (Å²) in [7, 11) is 1.69. The molecule has 0 spiro atoms. The van der Waals surface area contributed by atoms with E-state index in [9.17, 15) is 0 Å². The van der Waals surface area contributed by atoms with Gasteiger partial charge in [-0.15, -0.1) is 0 Å². The van der Waals surface area contributed by atoms with Gasteiger partial charge in [0.25, 0.3) is 0 Å². The second-order valence-electron chi connectivity index (χ2n) is 5.52. The number of benzene rings is 1. The molecule has 1 aromatic rings. The molecule has 0 fully saturated rings. The molecule has 3 heteroatoms. The van der Waals surface area contributed by atoms with Gasteiger partial charge in [0.2, 0.25) is 0 Å². The molecule has 18 heavy (non-hydrogen) atoms. The lowest BCUT2D eigenvalue weighted by Gasteiger charge is -2.31. The van der Waals surface area contributed by atoms with E-state index in [2.05, 4.69) is 37.8 Å². The van der Waals surface area contributed by atoms with Gasteiger partial charge in [-0.05, 0) is 36.2 Å². The van der Waals surface area contributed by atoms with Crippen LogP contribution in [-0.2, 0) is 6.54 Å². The largest absolute Gasteiger partial charge is 0.497 e.